The van der Waals surface area contributed by atoms with E-state index in [9.17, 15) is 5.11 Å². The maximum atomic E-state index is 9.79. The summed E-state index contributed by atoms with van der Waals surface area (Å²) in [6.07, 6.45) is 19.1. The van der Waals surface area contributed by atoms with E-state index in [2.05, 4.69) is 50.3 Å². The molecule has 1 nitrogen and oxygen atoms in total. The van der Waals surface area contributed by atoms with Crippen LogP contribution in [0.5, 0.6) is 0 Å². The minimum Gasteiger partial charge on any atom is -0.382 e. The van der Waals surface area contributed by atoms with Crippen LogP contribution < -0.4 is 0 Å². The molecule has 0 aromatic rings. The van der Waals surface area contributed by atoms with Gasteiger partial charge < -0.3 is 5.11 Å². The van der Waals surface area contributed by atoms with Crippen molar-refractivity contribution in [3.05, 3.63) is 0 Å². The molecular formula is C27H47IO. The van der Waals surface area contributed by atoms with Gasteiger partial charge in [0.2, 0.25) is 0 Å². The maximum absolute atomic E-state index is 9.79. The van der Waals surface area contributed by atoms with Gasteiger partial charge in [-0.2, -0.15) is 0 Å². The first kappa shape index (κ1) is 22.9. The Balaban J connectivity index is 1.41. The van der Waals surface area contributed by atoms with Gasteiger partial charge in [0.15, 0.2) is 0 Å². The Hall–Kier alpha value is 0.690. The minimum atomic E-state index is -0.178. The van der Waals surface area contributed by atoms with Gasteiger partial charge in [-0.15, -0.1) is 0 Å². The summed E-state index contributed by atoms with van der Waals surface area (Å²) in [5.41, 5.74) is 1.30. The molecular weight excluding hydrogens is 467 g/mol. The Morgan fingerprint density at radius 1 is 0.862 bits per heavy atom. The lowest BCUT2D eigenvalue weighted by Gasteiger charge is -2.61. The standard InChI is InChI=1S/C27H47IO/c1-18(8-7-9-19(2)25(28)29)22-13-14-23-21-12-11-20-10-5-6-16-26(20,3)24(21)15-17-27(22,23)4/h18-25,29H,5-17H2,1-4H3/t18-,19?,20?,21+,22-,23+,24+,25?,26+,27-/m1/s1. The maximum Gasteiger partial charge on any atom is 0.107 e. The number of hydrogen-bond acceptors (Lipinski definition) is 1. The van der Waals surface area contributed by atoms with Crippen LogP contribution in [0.4, 0.5) is 0 Å². The molecule has 0 saturated heterocycles. The summed E-state index contributed by atoms with van der Waals surface area (Å²) in [5.74, 6) is 6.40. The molecule has 0 heterocycles. The van der Waals surface area contributed by atoms with Crippen molar-refractivity contribution >= 4 is 22.6 Å². The smallest absolute Gasteiger partial charge is 0.107 e. The highest BCUT2D eigenvalue weighted by Crippen LogP contribution is 2.68. The largest absolute Gasteiger partial charge is 0.382 e. The first-order chi connectivity index (χ1) is 13.8. The van der Waals surface area contributed by atoms with Crippen LogP contribution in [-0.2, 0) is 0 Å². The molecule has 2 heteroatoms. The molecule has 4 aliphatic rings. The fourth-order valence-corrected chi connectivity index (χ4v) is 9.73. The molecule has 0 radical (unpaired) electrons. The lowest BCUT2D eigenvalue weighted by atomic mass is 9.44. The molecule has 0 aromatic heterocycles. The van der Waals surface area contributed by atoms with Crippen LogP contribution in [0.3, 0.4) is 0 Å². The van der Waals surface area contributed by atoms with E-state index in [1.165, 1.54) is 70.6 Å². The zero-order valence-electron chi connectivity index (χ0n) is 19.6. The fourth-order valence-electron chi connectivity index (χ4n) is 9.37. The van der Waals surface area contributed by atoms with Crippen LogP contribution in [0.2, 0.25) is 0 Å². The second kappa shape index (κ2) is 8.91. The van der Waals surface area contributed by atoms with Crippen LogP contribution in [-0.4, -0.2) is 9.22 Å². The van der Waals surface area contributed by atoms with Gasteiger partial charge in [0.25, 0.3) is 0 Å². The zero-order chi connectivity index (χ0) is 20.8. The fraction of sp³-hybridized carbons (Fsp3) is 1.00. The Morgan fingerprint density at radius 3 is 2.38 bits per heavy atom. The topological polar surface area (TPSA) is 20.2 Å². The first-order valence-electron chi connectivity index (χ1n) is 13.1. The van der Waals surface area contributed by atoms with Gasteiger partial charge in [0, 0.05) is 0 Å². The molecule has 4 saturated carbocycles. The highest BCUT2D eigenvalue weighted by Gasteiger charge is 2.59. The third-order valence-corrected chi connectivity index (χ3v) is 12.4. The molecule has 0 aliphatic heterocycles. The van der Waals surface area contributed by atoms with Gasteiger partial charge in [-0.1, -0.05) is 76.0 Å². The van der Waals surface area contributed by atoms with Gasteiger partial charge in [-0.25, -0.2) is 0 Å². The van der Waals surface area contributed by atoms with Crippen LogP contribution in [0, 0.1) is 52.3 Å². The Labute approximate surface area is 194 Å². The molecule has 4 aliphatic carbocycles. The van der Waals surface area contributed by atoms with Crippen LogP contribution in [0.25, 0.3) is 0 Å². The van der Waals surface area contributed by atoms with Crippen LogP contribution >= 0.6 is 22.6 Å². The van der Waals surface area contributed by atoms with Crippen molar-refractivity contribution in [2.45, 2.75) is 115 Å². The molecule has 4 rings (SSSR count). The summed E-state index contributed by atoms with van der Waals surface area (Å²) < 4.78 is -0.178. The summed E-state index contributed by atoms with van der Waals surface area (Å²) in [4.78, 5) is 0. The molecule has 10 atom stereocenters. The van der Waals surface area contributed by atoms with E-state index in [4.69, 9.17) is 0 Å². The molecule has 3 unspecified atom stereocenters. The third-order valence-electron chi connectivity index (χ3n) is 11.1. The average molecular weight is 515 g/mol. The molecule has 29 heavy (non-hydrogen) atoms. The summed E-state index contributed by atoms with van der Waals surface area (Å²) >= 11 is 2.18. The van der Waals surface area contributed by atoms with Gasteiger partial charge in [0.05, 0.1) is 0 Å². The monoisotopic (exact) mass is 514 g/mol. The van der Waals surface area contributed by atoms with Crippen molar-refractivity contribution < 1.29 is 5.11 Å². The van der Waals surface area contributed by atoms with E-state index in [1.807, 2.05) is 0 Å². The van der Waals surface area contributed by atoms with Crippen molar-refractivity contribution in [2.75, 3.05) is 0 Å². The van der Waals surface area contributed by atoms with E-state index in [1.54, 1.807) is 12.8 Å². The molecule has 0 amide bonds. The zero-order valence-corrected chi connectivity index (χ0v) is 21.8. The normalized spacial score (nSPS) is 47.6. The Kier molecular flexibility index (Phi) is 7.03. The second-order valence-corrected chi connectivity index (χ2v) is 13.7. The molecule has 4 fully saturated rings. The highest BCUT2D eigenvalue weighted by atomic mass is 127. The van der Waals surface area contributed by atoms with Crippen molar-refractivity contribution in [1.29, 1.82) is 0 Å². The van der Waals surface area contributed by atoms with E-state index >= 15 is 0 Å². The Bertz CT molecular complexity index is 561. The van der Waals surface area contributed by atoms with Gasteiger partial charge in [0.1, 0.15) is 4.11 Å². The quantitative estimate of drug-likeness (QED) is 0.280. The minimum absolute atomic E-state index is 0.178. The summed E-state index contributed by atoms with van der Waals surface area (Å²) in [6.45, 7) is 10.2. The highest BCUT2D eigenvalue weighted by molar-refractivity contribution is 14.1. The van der Waals surface area contributed by atoms with E-state index < -0.39 is 0 Å². The predicted molar refractivity (Wildman–Crippen MR) is 132 cm³/mol. The second-order valence-electron chi connectivity index (χ2n) is 12.4. The molecule has 168 valence electrons. The third kappa shape index (κ3) is 4.09. The van der Waals surface area contributed by atoms with Crippen molar-refractivity contribution in [3.8, 4) is 0 Å². The number of rotatable bonds is 6. The number of alkyl halides is 1. The van der Waals surface area contributed by atoms with E-state index in [-0.39, 0.29) is 4.11 Å². The number of aliphatic hydroxyl groups is 1. The number of halogens is 1. The summed E-state index contributed by atoms with van der Waals surface area (Å²) in [5, 5.41) is 9.79. The van der Waals surface area contributed by atoms with E-state index in [0.717, 1.165) is 35.5 Å². The molecule has 0 bridgehead atoms. The number of hydrogen-bond donors (Lipinski definition) is 1. The predicted octanol–water partition coefficient (Wildman–Crippen LogP) is 8.23. The number of aliphatic hydroxyl groups excluding tert-OH is 1. The molecule has 0 spiro atoms. The average Bonchev–Trinajstić information content (AvgIpc) is 3.04. The lowest BCUT2D eigenvalue weighted by Crippen LogP contribution is -2.53. The first-order valence-corrected chi connectivity index (χ1v) is 14.3. The van der Waals surface area contributed by atoms with Gasteiger partial charge in [-0.3, -0.25) is 0 Å². The Morgan fingerprint density at radius 2 is 1.62 bits per heavy atom. The summed E-state index contributed by atoms with van der Waals surface area (Å²) in [7, 11) is 0. The number of fused-ring (bicyclic) bond motifs is 5. The summed E-state index contributed by atoms with van der Waals surface area (Å²) in [6, 6.07) is 0. The molecule has 1 N–H and O–H groups in total. The SMILES string of the molecule is CC(CCC[C@@H](C)[C@H]1CC[C@H]2[C@@H]3CCC4CCCC[C@]4(C)[C@H]3CC[C@]12C)C(O)I. The molecule has 0 aromatic carbocycles. The van der Waals surface area contributed by atoms with Crippen molar-refractivity contribution in [1.82, 2.24) is 0 Å². The van der Waals surface area contributed by atoms with Crippen molar-refractivity contribution in [2.24, 2.45) is 52.3 Å². The van der Waals surface area contributed by atoms with Crippen LogP contribution in [0.15, 0.2) is 0 Å². The van der Waals surface area contributed by atoms with Crippen molar-refractivity contribution in [3.63, 3.8) is 0 Å². The van der Waals surface area contributed by atoms with Crippen LogP contribution in [0.1, 0.15) is 111 Å². The van der Waals surface area contributed by atoms with Gasteiger partial charge in [-0.05, 0) is 110 Å². The van der Waals surface area contributed by atoms with Gasteiger partial charge >= 0.3 is 0 Å². The lowest BCUT2D eigenvalue weighted by molar-refractivity contribution is -0.114. The van der Waals surface area contributed by atoms with E-state index in [0.29, 0.717) is 16.7 Å².